The zero-order valence-electron chi connectivity index (χ0n) is 13.8. The van der Waals surface area contributed by atoms with Crippen LogP contribution < -0.4 is 10.0 Å². The number of nitrogens with one attached hydrogen (secondary N) is 2. The van der Waals surface area contributed by atoms with Gasteiger partial charge in [0.25, 0.3) is 5.91 Å². The lowest BCUT2D eigenvalue weighted by molar-refractivity contribution is -0.141. The lowest BCUT2D eigenvalue weighted by Crippen LogP contribution is -2.31. The molecule has 1 aliphatic heterocycles. The molecule has 25 heavy (non-hydrogen) atoms. The maximum Gasteiger partial charge on any atom is 0.308 e. The molecule has 1 atom stereocenters. The fourth-order valence-corrected chi connectivity index (χ4v) is 3.19. The highest BCUT2D eigenvalue weighted by Gasteiger charge is 2.32. The van der Waals surface area contributed by atoms with Gasteiger partial charge in [-0.15, -0.1) is 0 Å². The van der Waals surface area contributed by atoms with Crippen molar-refractivity contribution < 1.29 is 27.9 Å². The molecule has 10 heteroatoms. The van der Waals surface area contributed by atoms with Crippen LogP contribution in [0.15, 0.2) is 18.2 Å². The maximum atomic E-state index is 12.7. The second-order valence-electron chi connectivity index (χ2n) is 5.89. The number of carbonyl (C=O) groups is 3. The Hall–Kier alpha value is -2.62. The van der Waals surface area contributed by atoms with Gasteiger partial charge in [0, 0.05) is 25.7 Å². The molecule has 1 heterocycles. The fraction of sp³-hybridized carbons (Fsp3) is 0.400. The van der Waals surface area contributed by atoms with Crippen LogP contribution in [0.2, 0.25) is 0 Å². The van der Waals surface area contributed by atoms with E-state index in [-0.39, 0.29) is 30.2 Å². The van der Waals surface area contributed by atoms with Crippen LogP contribution in [0.4, 0.5) is 11.4 Å². The van der Waals surface area contributed by atoms with E-state index in [9.17, 15) is 22.8 Å². The minimum Gasteiger partial charge on any atom is -0.481 e. The van der Waals surface area contributed by atoms with E-state index in [1.807, 2.05) is 0 Å². The molecule has 9 nitrogen and oxygen atoms in total. The predicted molar refractivity (Wildman–Crippen MR) is 90.9 cm³/mol. The molecule has 3 N–H and O–H groups in total. The molecule has 1 aromatic rings. The average Bonchev–Trinajstić information content (AvgIpc) is 2.96. The molecular formula is C15H19N3O6S. The third kappa shape index (κ3) is 4.92. The van der Waals surface area contributed by atoms with Crippen LogP contribution in [-0.4, -0.2) is 55.6 Å². The summed E-state index contributed by atoms with van der Waals surface area (Å²) < 4.78 is 25.3. The number of nitrogens with zero attached hydrogens (tertiary/aromatic N) is 1. The van der Waals surface area contributed by atoms with Gasteiger partial charge in [-0.1, -0.05) is 0 Å². The van der Waals surface area contributed by atoms with Gasteiger partial charge in [-0.25, -0.2) is 8.42 Å². The van der Waals surface area contributed by atoms with Crippen molar-refractivity contribution in [2.75, 3.05) is 29.4 Å². The van der Waals surface area contributed by atoms with Gasteiger partial charge in [0.2, 0.25) is 15.9 Å². The minimum absolute atomic E-state index is 0.0442. The van der Waals surface area contributed by atoms with Crippen molar-refractivity contribution in [2.24, 2.45) is 5.92 Å². The molecule has 1 saturated heterocycles. The first-order valence-electron chi connectivity index (χ1n) is 7.48. The number of rotatable bonds is 5. The van der Waals surface area contributed by atoms with Gasteiger partial charge in [0.15, 0.2) is 0 Å². The number of likely N-dealkylation sites (tertiary alicyclic amines) is 1. The second-order valence-corrected chi connectivity index (χ2v) is 7.64. The number of carboxylic acid groups (broad SMARTS) is 1. The van der Waals surface area contributed by atoms with Crippen LogP contribution in [0.1, 0.15) is 23.7 Å². The molecule has 2 amide bonds. The number of aliphatic carboxylic acids is 1. The fourth-order valence-electron chi connectivity index (χ4n) is 2.61. The Labute approximate surface area is 145 Å². The Bertz CT molecular complexity index is 821. The van der Waals surface area contributed by atoms with Crippen molar-refractivity contribution in [1.82, 2.24) is 4.90 Å². The van der Waals surface area contributed by atoms with Crippen molar-refractivity contribution in [3.63, 3.8) is 0 Å². The Balaban J connectivity index is 2.36. The van der Waals surface area contributed by atoms with Crippen LogP contribution >= 0.6 is 0 Å². The Morgan fingerprint density at radius 1 is 1.28 bits per heavy atom. The van der Waals surface area contributed by atoms with E-state index >= 15 is 0 Å². The summed E-state index contributed by atoms with van der Waals surface area (Å²) in [4.78, 5) is 36.4. The Kier molecular flexibility index (Phi) is 5.31. The van der Waals surface area contributed by atoms with Crippen LogP contribution in [0.3, 0.4) is 0 Å². The summed E-state index contributed by atoms with van der Waals surface area (Å²) in [5.41, 5.74) is 0.451. The monoisotopic (exact) mass is 369 g/mol. The van der Waals surface area contributed by atoms with Crippen LogP contribution in [-0.2, 0) is 19.6 Å². The average molecular weight is 369 g/mol. The summed E-state index contributed by atoms with van der Waals surface area (Å²) in [6.45, 7) is 1.62. The van der Waals surface area contributed by atoms with E-state index in [1.165, 1.54) is 30.0 Å². The molecule has 1 fully saturated rings. The zero-order chi connectivity index (χ0) is 18.8. The van der Waals surface area contributed by atoms with E-state index in [4.69, 9.17) is 5.11 Å². The summed E-state index contributed by atoms with van der Waals surface area (Å²) in [5.74, 6) is -2.46. The summed E-state index contributed by atoms with van der Waals surface area (Å²) in [6.07, 6.45) is 1.29. The Morgan fingerprint density at radius 3 is 2.48 bits per heavy atom. The zero-order valence-corrected chi connectivity index (χ0v) is 14.6. The van der Waals surface area contributed by atoms with Gasteiger partial charge in [0.05, 0.1) is 23.4 Å². The molecule has 1 aromatic carbocycles. The van der Waals surface area contributed by atoms with Crippen molar-refractivity contribution in [1.29, 1.82) is 0 Å². The molecule has 136 valence electrons. The van der Waals surface area contributed by atoms with Gasteiger partial charge < -0.3 is 15.3 Å². The molecule has 0 bridgehead atoms. The highest BCUT2D eigenvalue weighted by atomic mass is 32.2. The van der Waals surface area contributed by atoms with Gasteiger partial charge in [-0.2, -0.15) is 0 Å². The maximum absolute atomic E-state index is 12.7. The highest BCUT2D eigenvalue weighted by Crippen LogP contribution is 2.26. The highest BCUT2D eigenvalue weighted by molar-refractivity contribution is 7.92. The first-order chi connectivity index (χ1) is 11.6. The van der Waals surface area contributed by atoms with Crippen molar-refractivity contribution in [3.05, 3.63) is 23.8 Å². The van der Waals surface area contributed by atoms with Gasteiger partial charge in [-0.05, 0) is 24.6 Å². The minimum atomic E-state index is -3.62. The van der Waals surface area contributed by atoms with Crippen LogP contribution in [0, 0.1) is 5.92 Å². The predicted octanol–water partition coefficient (Wildman–Crippen LogP) is 0.563. The molecule has 2 rings (SSSR count). The number of carbonyl (C=O) groups excluding carboxylic acids is 2. The summed E-state index contributed by atoms with van der Waals surface area (Å²) in [5, 5.41) is 11.6. The molecular weight excluding hydrogens is 350 g/mol. The quantitative estimate of drug-likeness (QED) is 0.695. The number of sulfonamides is 1. The van der Waals surface area contributed by atoms with E-state index in [2.05, 4.69) is 10.0 Å². The lowest BCUT2D eigenvalue weighted by Gasteiger charge is -2.19. The van der Waals surface area contributed by atoms with E-state index in [0.29, 0.717) is 12.1 Å². The summed E-state index contributed by atoms with van der Waals surface area (Å²) >= 11 is 0. The Morgan fingerprint density at radius 2 is 1.96 bits per heavy atom. The topological polar surface area (TPSA) is 133 Å². The van der Waals surface area contributed by atoms with Crippen LogP contribution in [0.5, 0.6) is 0 Å². The lowest BCUT2D eigenvalue weighted by atomic mass is 10.1. The molecule has 1 unspecified atom stereocenters. The normalized spacial score (nSPS) is 17.2. The standard InChI is InChI=1S/C15H19N3O6S/c1-9(19)16-11-3-4-13(17-25(2,23)24)12(7-11)14(20)18-6-5-10(8-18)15(21)22/h3-4,7,10,17H,5-6,8H2,1-2H3,(H,16,19)(H,21,22). The van der Waals surface area contributed by atoms with Crippen molar-refractivity contribution in [3.8, 4) is 0 Å². The third-order valence-electron chi connectivity index (χ3n) is 3.69. The molecule has 0 radical (unpaired) electrons. The first kappa shape index (κ1) is 18.7. The molecule has 0 aromatic heterocycles. The SMILES string of the molecule is CC(=O)Nc1ccc(NS(C)(=O)=O)c(C(=O)N2CCC(C(=O)O)C2)c1. The number of benzene rings is 1. The number of amides is 2. The van der Waals surface area contributed by atoms with Gasteiger partial charge in [0.1, 0.15) is 0 Å². The summed E-state index contributed by atoms with van der Waals surface area (Å²) in [7, 11) is -3.62. The molecule has 0 spiro atoms. The van der Waals surface area contributed by atoms with Gasteiger partial charge >= 0.3 is 5.97 Å². The van der Waals surface area contributed by atoms with Crippen LogP contribution in [0.25, 0.3) is 0 Å². The number of hydrogen-bond acceptors (Lipinski definition) is 5. The molecule has 0 aliphatic carbocycles. The molecule has 1 aliphatic rings. The number of anilines is 2. The van der Waals surface area contributed by atoms with E-state index in [1.54, 1.807) is 0 Å². The number of carboxylic acids is 1. The summed E-state index contributed by atoms with van der Waals surface area (Å²) in [6, 6.07) is 4.21. The third-order valence-corrected chi connectivity index (χ3v) is 4.28. The van der Waals surface area contributed by atoms with Crippen molar-refractivity contribution >= 4 is 39.2 Å². The van der Waals surface area contributed by atoms with E-state index in [0.717, 1.165) is 6.26 Å². The molecule has 0 saturated carbocycles. The van der Waals surface area contributed by atoms with E-state index < -0.39 is 27.8 Å². The second kappa shape index (κ2) is 7.09. The van der Waals surface area contributed by atoms with Gasteiger partial charge in [-0.3, -0.25) is 19.1 Å². The number of hydrogen-bond donors (Lipinski definition) is 3. The van der Waals surface area contributed by atoms with Crippen molar-refractivity contribution in [2.45, 2.75) is 13.3 Å². The largest absolute Gasteiger partial charge is 0.481 e. The first-order valence-corrected chi connectivity index (χ1v) is 9.37. The smallest absolute Gasteiger partial charge is 0.308 e.